The van der Waals surface area contributed by atoms with E-state index in [-0.39, 0.29) is 17.0 Å². The highest BCUT2D eigenvalue weighted by Crippen LogP contribution is 2.36. The Bertz CT molecular complexity index is 887. The first kappa shape index (κ1) is 19.6. The lowest BCUT2D eigenvalue weighted by atomic mass is 9.99. The van der Waals surface area contributed by atoms with E-state index in [9.17, 15) is 8.42 Å². The van der Waals surface area contributed by atoms with Gasteiger partial charge in [-0.25, -0.2) is 8.42 Å². The Balaban J connectivity index is 1.73. The molecule has 2 aliphatic heterocycles. The van der Waals surface area contributed by atoms with Crippen LogP contribution in [0.5, 0.6) is 0 Å². The molecule has 0 bridgehead atoms. The third-order valence-corrected chi connectivity index (χ3v) is 7.74. The Morgan fingerprint density at radius 1 is 1.11 bits per heavy atom. The van der Waals surface area contributed by atoms with Gasteiger partial charge in [-0.05, 0) is 45.3 Å². The van der Waals surface area contributed by atoms with Crippen molar-refractivity contribution in [1.82, 2.24) is 14.4 Å². The maximum absolute atomic E-state index is 13.6. The van der Waals surface area contributed by atoms with E-state index in [0.29, 0.717) is 24.6 Å². The van der Waals surface area contributed by atoms with Gasteiger partial charge in [0.05, 0.1) is 18.8 Å². The van der Waals surface area contributed by atoms with E-state index < -0.39 is 10.0 Å². The largest absolute Gasteiger partial charge is 0.373 e. The molecule has 0 amide bonds. The lowest BCUT2D eigenvalue weighted by Gasteiger charge is -2.41. The van der Waals surface area contributed by atoms with Crippen LogP contribution in [0.3, 0.4) is 0 Å². The third-order valence-electron chi connectivity index (χ3n) is 5.62. The lowest BCUT2D eigenvalue weighted by Crippen LogP contribution is -2.51. The second-order valence-corrected chi connectivity index (χ2v) is 9.37. The van der Waals surface area contributed by atoms with Gasteiger partial charge in [-0.3, -0.25) is 0 Å². The molecule has 8 heteroatoms. The first-order valence-corrected chi connectivity index (χ1v) is 11.3. The van der Waals surface area contributed by atoms with Gasteiger partial charge in [0.15, 0.2) is 5.76 Å². The van der Waals surface area contributed by atoms with Crippen LogP contribution in [0.1, 0.15) is 35.9 Å². The molecule has 2 saturated heterocycles. The fraction of sp³-hybridized carbons (Fsp3) is 0.550. The number of hydrogen-bond acceptors (Lipinski definition) is 6. The van der Waals surface area contributed by atoms with E-state index >= 15 is 0 Å². The van der Waals surface area contributed by atoms with Crippen molar-refractivity contribution in [3.05, 3.63) is 47.3 Å². The third kappa shape index (κ3) is 3.61. The van der Waals surface area contributed by atoms with Crippen molar-refractivity contribution in [2.45, 2.75) is 43.7 Å². The molecule has 0 spiro atoms. The second kappa shape index (κ2) is 7.94. The predicted octanol–water partition coefficient (Wildman–Crippen LogP) is 2.52. The number of rotatable bonds is 5. The molecular weight excluding hydrogens is 378 g/mol. The van der Waals surface area contributed by atoms with Crippen LogP contribution in [0, 0.1) is 13.8 Å². The summed E-state index contributed by atoms with van der Waals surface area (Å²) in [7, 11) is -3.77. The number of nitrogens with zero attached hydrogens (tertiary/aromatic N) is 3. The average molecular weight is 406 g/mol. The topological polar surface area (TPSA) is 75.9 Å². The monoisotopic (exact) mass is 405 g/mol. The van der Waals surface area contributed by atoms with Gasteiger partial charge in [0.25, 0.3) is 0 Å². The van der Waals surface area contributed by atoms with Crippen molar-refractivity contribution >= 4 is 10.0 Å². The van der Waals surface area contributed by atoms with Crippen molar-refractivity contribution in [1.29, 1.82) is 0 Å². The molecule has 0 N–H and O–H groups in total. The zero-order chi connectivity index (χ0) is 19.7. The molecule has 152 valence electrons. The van der Waals surface area contributed by atoms with Gasteiger partial charge in [0.2, 0.25) is 10.0 Å². The summed E-state index contributed by atoms with van der Waals surface area (Å²) in [4.78, 5) is 2.54. The highest BCUT2D eigenvalue weighted by molar-refractivity contribution is 7.89. The summed E-state index contributed by atoms with van der Waals surface area (Å²) < 4.78 is 40.1. The zero-order valence-corrected chi connectivity index (χ0v) is 17.2. The molecule has 0 radical (unpaired) electrons. The number of likely N-dealkylation sites (tertiary alicyclic amines) is 1. The number of benzene rings is 1. The molecule has 2 aromatic rings. The molecule has 2 fully saturated rings. The minimum Gasteiger partial charge on any atom is -0.373 e. The Morgan fingerprint density at radius 3 is 2.46 bits per heavy atom. The van der Waals surface area contributed by atoms with Crippen LogP contribution in [-0.4, -0.2) is 61.7 Å². The number of aromatic nitrogens is 1. The maximum atomic E-state index is 13.6. The Morgan fingerprint density at radius 2 is 1.82 bits per heavy atom. The van der Waals surface area contributed by atoms with Crippen LogP contribution < -0.4 is 0 Å². The van der Waals surface area contributed by atoms with Crippen molar-refractivity contribution in [2.24, 2.45) is 0 Å². The van der Waals surface area contributed by atoms with E-state index in [1.54, 1.807) is 18.2 Å². The molecule has 1 aromatic heterocycles. The summed E-state index contributed by atoms with van der Waals surface area (Å²) in [6, 6.07) is 9.40. The van der Waals surface area contributed by atoms with Crippen LogP contribution in [0.25, 0.3) is 0 Å². The van der Waals surface area contributed by atoms with Crippen LogP contribution >= 0.6 is 0 Å². The highest BCUT2D eigenvalue weighted by atomic mass is 32.2. The maximum Gasteiger partial charge on any atom is 0.249 e. The summed E-state index contributed by atoms with van der Waals surface area (Å²) in [6.45, 7) is 6.81. The van der Waals surface area contributed by atoms with Crippen LogP contribution in [0.4, 0.5) is 0 Å². The van der Waals surface area contributed by atoms with E-state index in [0.717, 1.165) is 25.2 Å². The van der Waals surface area contributed by atoms with E-state index in [2.05, 4.69) is 10.1 Å². The van der Waals surface area contributed by atoms with Crippen LogP contribution in [0.2, 0.25) is 0 Å². The Kier molecular flexibility index (Phi) is 5.55. The summed E-state index contributed by atoms with van der Waals surface area (Å²) in [5.74, 6) is 0.326. The first-order chi connectivity index (χ1) is 13.5. The van der Waals surface area contributed by atoms with Gasteiger partial charge < -0.3 is 14.2 Å². The first-order valence-electron chi connectivity index (χ1n) is 9.82. The molecule has 7 nitrogen and oxygen atoms in total. The average Bonchev–Trinajstić information content (AvgIpc) is 3.32. The van der Waals surface area contributed by atoms with Crippen molar-refractivity contribution in [2.75, 3.05) is 32.8 Å². The van der Waals surface area contributed by atoms with Gasteiger partial charge in [-0.2, -0.15) is 4.31 Å². The molecule has 0 saturated carbocycles. The predicted molar refractivity (Wildman–Crippen MR) is 104 cm³/mol. The number of sulfonamides is 1. The standard InChI is InChI=1S/C20H27N3O4S/c1-15-20(16(2)27-21-15)28(24,25)23-12-13-26-18(14-22-10-6-7-11-22)19(23)17-8-4-3-5-9-17/h3-5,8-9,18-19H,6-7,10-14H2,1-2H3/t18-,19-/m0/s1. The van der Waals surface area contributed by atoms with Gasteiger partial charge >= 0.3 is 0 Å². The molecule has 0 unspecified atom stereocenters. The van der Waals surface area contributed by atoms with Crippen molar-refractivity contribution in [3.63, 3.8) is 0 Å². The quantitative estimate of drug-likeness (QED) is 0.761. The SMILES string of the molecule is Cc1noc(C)c1S(=O)(=O)N1CCO[C@@H](CN2CCCC2)[C@@H]1c1ccccc1. The minimum absolute atomic E-state index is 0.176. The zero-order valence-electron chi connectivity index (χ0n) is 16.4. The second-order valence-electron chi connectivity index (χ2n) is 7.54. The Hall–Kier alpha value is -1.74. The van der Waals surface area contributed by atoms with Gasteiger partial charge in [0, 0.05) is 13.1 Å². The van der Waals surface area contributed by atoms with Crippen molar-refractivity contribution < 1.29 is 17.7 Å². The molecular formula is C20H27N3O4S. The number of ether oxygens (including phenoxy) is 1. The minimum atomic E-state index is -3.77. The molecule has 2 aliphatic rings. The van der Waals surface area contributed by atoms with Gasteiger partial charge in [-0.15, -0.1) is 0 Å². The molecule has 2 atom stereocenters. The van der Waals surface area contributed by atoms with Crippen molar-refractivity contribution in [3.8, 4) is 0 Å². The van der Waals surface area contributed by atoms with Gasteiger partial charge in [0.1, 0.15) is 10.6 Å². The number of morpholine rings is 1. The van der Waals surface area contributed by atoms with Crippen LogP contribution in [-0.2, 0) is 14.8 Å². The number of aryl methyl sites for hydroxylation is 2. The molecule has 3 heterocycles. The Labute approximate surface area is 166 Å². The fourth-order valence-electron chi connectivity index (χ4n) is 4.34. The highest BCUT2D eigenvalue weighted by Gasteiger charge is 2.43. The van der Waals surface area contributed by atoms with E-state index in [1.165, 1.54) is 12.8 Å². The fourth-order valence-corrected chi connectivity index (χ4v) is 6.26. The molecule has 28 heavy (non-hydrogen) atoms. The van der Waals surface area contributed by atoms with Crippen LogP contribution in [0.15, 0.2) is 39.8 Å². The summed E-state index contributed by atoms with van der Waals surface area (Å²) in [5, 5.41) is 3.86. The summed E-state index contributed by atoms with van der Waals surface area (Å²) in [5.41, 5.74) is 1.34. The smallest absolute Gasteiger partial charge is 0.249 e. The molecule has 1 aromatic carbocycles. The normalized spacial score (nSPS) is 24.6. The summed E-state index contributed by atoms with van der Waals surface area (Å²) >= 11 is 0. The van der Waals surface area contributed by atoms with E-state index in [4.69, 9.17) is 9.26 Å². The van der Waals surface area contributed by atoms with Gasteiger partial charge in [-0.1, -0.05) is 35.5 Å². The summed E-state index contributed by atoms with van der Waals surface area (Å²) in [6.07, 6.45) is 2.15. The lowest BCUT2D eigenvalue weighted by molar-refractivity contribution is -0.0542. The molecule has 0 aliphatic carbocycles. The molecule has 4 rings (SSSR count). The number of hydrogen-bond donors (Lipinski definition) is 0. The van der Waals surface area contributed by atoms with E-state index in [1.807, 2.05) is 30.3 Å².